The molecule has 0 bridgehead atoms. The summed E-state index contributed by atoms with van der Waals surface area (Å²) in [5, 5.41) is 12.7. The smallest absolute Gasteiger partial charge is 0.325 e. The lowest BCUT2D eigenvalue weighted by atomic mass is 10.0. The van der Waals surface area contributed by atoms with Gasteiger partial charge < -0.3 is 15.2 Å². The number of hydrogen-bond donors (Lipinski definition) is 2. The number of halogens is 1. The third-order valence-corrected chi connectivity index (χ3v) is 3.47. The number of nitrogens with zero attached hydrogens (tertiary/aromatic N) is 1. The molecule has 0 saturated carbocycles. The van der Waals surface area contributed by atoms with Crippen molar-refractivity contribution in [3.8, 4) is 5.75 Å². The average molecular weight is 282 g/mol. The predicted octanol–water partition coefficient (Wildman–Crippen LogP) is 1.26. The molecule has 1 aliphatic heterocycles. The number of rotatable bonds is 4. The lowest BCUT2D eigenvalue weighted by Gasteiger charge is -2.27. The number of hydrogen-bond acceptors (Lipinski definition) is 4. The summed E-state index contributed by atoms with van der Waals surface area (Å²) in [5.74, 6) is -1.38. The molecule has 0 radical (unpaired) electrons. The molecule has 0 aromatic heterocycles. The Labute approximate surface area is 117 Å². The van der Waals surface area contributed by atoms with Gasteiger partial charge in [0.15, 0.2) is 11.6 Å². The Morgan fingerprint density at radius 1 is 1.45 bits per heavy atom. The molecule has 2 N–H and O–H groups in total. The third kappa shape index (κ3) is 3.26. The molecule has 1 aliphatic rings. The van der Waals surface area contributed by atoms with E-state index in [-0.39, 0.29) is 5.75 Å². The first-order valence-corrected chi connectivity index (χ1v) is 6.64. The van der Waals surface area contributed by atoms with Crippen LogP contribution in [0.5, 0.6) is 5.75 Å². The minimum absolute atomic E-state index is 0.121. The fraction of sp³-hybridized carbons (Fsp3) is 0.500. The number of carbonyl (C=O) groups is 1. The van der Waals surface area contributed by atoms with Gasteiger partial charge in [0, 0.05) is 19.6 Å². The van der Waals surface area contributed by atoms with Gasteiger partial charge in [-0.2, -0.15) is 0 Å². The van der Waals surface area contributed by atoms with E-state index in [2.05, 4.69) is 5.32 Å². The number of ether oxygens (including phenoxy) is 1. The molecule has 1 aromatic carbocycles. The number of aliphatic carboxylic acids is 1. The molecular weight excluding hydrogens is 263 g/mol. The molecular formula is C14H19FN2O3. The van der Waals surface area contributed by atoms with E-state index < -0.39 is 17.8 Å². The van der Waals surface area contributed by atoms with E-state index in [1.165, 1.54) is 19.2 Å². The largest absolute Gasteiger partial charge is 0.494 e. The fourth-order valence-corrected chi connectivity index (χ4v) is 2.49. The standard InChI is InChI=1S/C14H19FN2O3/c1-20-12-4-3-10(9-11(12)15)13(14(18)19)17-7-2-5-16-6-8-17/h3-4,9,13,16H,2,5-8H2,1H3,(H,18,19). The van der Waals surface area contributed by atoms with Crippen molar-refractivity contribution in [2.45, 2.75) is 12.5 Å². The number of nitrogens with one attached hydrogen (secondary N) is 1. The highest BCUT2D eigenvalue weighted by molar-refractivity contribution is 5.75. The molecule has 0 amide bonds. The normalized spacial score (nSPS) is 18.3. The zero-order valence-corrected chi connectivity index (χ0v) is 11.4. The summed E-state index contributed by atoms with van der Waals surface area (Å²) < 4.78 is 18.6. The van der Waals surface area contributed by atoms with Crippen LogP contribution in [0.2, 0.25) is 0 Å². The summed E-state index contributed by atoms with van der Waals surface area (Å²) in [7, 11) is 1.38. The summed E-state index contributed by atoms with van der Waals surface area (Å²) in [6, 6.07) is 3.50. The van der Waals surface area contributed by atoms with Crippen LogP contribution in [0.25, 0.3) is 0 Å². The van der Waals surface area contributed by atoms with E-state index >= 15 is 0 Å². The Morgan fingerprint density at radius 2 is 2.25 bits per heavy atom. The molecule has 0 aliphatic carbocycles. The minimum Gasteiger partial charge on any atom is -0.494 e. The molecule has 1 atom stereocenters. The maximum Gasteiger partial charge on any atom is 0.325 e. The minimum atomic E-state index is -0.962. The molecule has 1 saturated heterocycles. The van der Waals surface area contributed by atoms with Crippen molar-refractivity contribution in [3.63, 3.8) is 0 Å². The molecule has 20 heavy (non-hydrogen) atoms. The van der Waals surface area contributed by atoms with Crippen LogP contribution in [0, 0.1) is 5.82 Å². The van der Waals surface area contributed by atoms with Crippen LogP contribution in [-0.2, 0) is 4.79 Å². The molecule has 2 rings (SSSR count). The molecule has 1 unspecified atom stereocenters. The SMILES string of the molecule is COc1ccc(C(C(=O)O)N2CCCNCC2)cc1F. The zero-order chi connectivity index (χ0) is 14.5. The van der Waals surface area contributed by atoms with E-state index in [0.29, 0.717) is 18.7 Å². The van der Waals surface area contributed by atoms with Gasteiger partial charge in [-0.25, -0.2) is 4.39 Å². The van der Waals surface area contributed by atoms with Crippen molar-refractivity contribution in [3.05, 3.63) is 29.6 Å². The monoisotopic (exact) mass is 282 g/mol. The lowest BCUT2D eigenvalue weighted by Crippen LogP contribution is -2.36. The quantitative estimate of drug-likeness (QED) is 0.870. The number of methoxy groups -OCH3 is 1. The first kappa shape index (κ1) is 14.7. The Bertz CT molecular complexity index is 473. The van der Waals surface area contributed by atoms with Gasteiger partial charge in [-0.3, -0.25) is 9.69 Å². The van der Waals surface area contributed by atoms with Gasteiger partial charge >= 0.3 is 5.97 Å². The second-order valence-electron chi connectivity index (χ2n) is 4.77. The first-order chi connectivity index (χ1) is 9.63. The highest BCUT2D eigenvalue weighted by Gasteiger charge is 2.28. The Morgan fingerprint density at radius 3 is 2.90 bits per heavy atom. The van der Waals surface area contributed by atoms with Crippen molar-refractivity contribution in [2.24, 2.45) is 0 Å². The molecule has 1 fully saturated rings. The highest BCUT2D eigenvalue weighted by atomic mass is 19.1. The Kier molecular flexibility index (Phi) is 4.92. The fourth-order valence-electron chi connectivity index (χ4n) is 2.49. The maximum atomic E-state index is 13.8. The summed E-state index contributed by atoms with van der Waals surface area (Å²) in [5.41, 5.74) is 0.442. The van der Waals surface area contributed by atoms with Gasteiger partial charge in [0.05, 0.1) is 7.11 Å². The van der Waals surface area contributed by atoms with Crippen molar-refractivity contribution in [2.75, 3.05) is 33.3 Å². The van der Waals surface area contributed by atoms with Crippen LogP contribution in [-0.4, -0.2) is 49.3 Å². The van der Waals surface area contributed by atoms with Gasteiger partial charge in [0.2, 0.25) is 0 Å². The highest BCUT2D eigenvalue weighted by Crippen LogP contribution is 2.26. The van der Waals surface area contributed by atoms with Crippen LogP contribution < -0.4 is 10.1 Å². The third-order valence-electron chi connectivity index (χ3n) is 3.47. The summed E-state index contributed by atoms with van der Waals surface area (Å²) in [6.45, 7) is 2.92. The Hall–Kier alpha value is -1.66. The van der Waals surface area contributed by atoms with Crippen molar-refractivity contribution < 1.29 is 19.0 Å². The van der Waals surface area contributed by atoms with Crippen molar-refractivity contribution >= 4 is 5.97 Å². The van der Waals surface area contributed by atoms with Crippen LogP contribution in [0.4, 0.5) is 4.39 Å². The Balaban J connectivity index is 2.27. The van der Waals surface area contributed by atoms with Gasteiger partial charge in [0.1, 0.15) is 6.04 Å². The number of benzene rings is 1. The van der Waals surface area contributed by atoms with E-state index in [0.717, 1.165) is 19.5 Å². The second-order valence-corrected chi connectivity index (χ2v) is 4.77. The van der Waals surface area contributed by atoms with Crippen LogP contribution in [0.3, 0.4) is 0 Å². The van der Waals surface area contributed by atoms with E-state index in [1.54, 1.807) is 6.07 Å². The average Bonchev–Trinajstić information content (AvgIpc) is 2.68. The molecule has 6 heteroatoms. The van der Waals surface area contributed by atoms with Gasteiger partial charge in [-0.05, 0) is 30.7 Å². The summed E-state index contributed by atoms with van der Waals surface area (Å²) in [6.07, 6.45) is 0.877. The summed E-state index contributed by atoms with van der Waals surface area (Å²) in [4.78, 5) is 13.4. The second kappa shape index (κ2) is 6.67. The topological polar surface area (TPSA) is 61.8 Å². The van der Waals surface area contributed by atoms with Crippen LogP contribution >= 0.6 is 0 Å². The first-order valence-electron chi connectivity index (χ1n) is 6.64. The zero-order valence-electron chi connectivity index (χ0n) is 11.4. The molecule has 1 heterocycles. The van der Waals surface area contributed by atoms with Gasteiger partial charge in [-0.15, -0.1) is 0 Å². The lowest BCUT2D eigenvalue weighted by molar-refractivity contribution is -0.143. The van der Waals surface area contributed by atoms with E-state index in [1.807, 2.05) is 4.90 Å². The number of carboxylic acid groups (broad SMARTS) is 1. The molecule has 5 nitrogen and oxygen atoms in total. The maximum absolute atomic E-state index is 13.8. The van der Waals surface area contributed by atoms with Crippen molar-refractivity contribution in [1.82, 2.24) is 10.2 Å². The van der Waals surface area contributed by atoms with Crippen molar-refractivity contribution in [1.29, 1.82) is 0 Å². The van der Waals surface area contributed by atoms with Gasteiger partial charge in [-0.1, -0.05) is 6.07 Å². The number of carboxylic acids is 1. The molecule has 0 spiro atoms. The van der Waals surface area contributed by atoms with E-state index in [9.17, 15) is 14.3 Å². The van der Waals surface area contributed by atoms with Gasteiger partial charge in [0.25, 0.3) is 0 Å². The van der Waals surface area contributed by atoms with E-state index in [4.69, 9.17) is 4.74 Å². The molecule has 1 aromatic rings. The van der Waals surface area contributed by atoms with Crippen LogP contribution in [0.15, 0.2) is 18.2 Å². The summed E-state index contributed by atoms with van der Waals surface area (Å²) >= 11 is 0. The van der Waals surface area contributed by atoms with Crippen LogP contribution in [0.1, 0.15) is 18.0 Å². The predicted molar refractivity (Wildman–Crippen MR) is 72.4 cm³/mol. The molecule has 110 valence electrons.